The highest BCUT2D eigenvalue weighted by Crippen LogP contribution is 2.34. The Morgan fingerprint density at radius 2 is 1.55 bits per heavy atom. The van der Waals surface area contributed by atoms with E-state index in [1.54, 1.807) is 14.2 Å². The molecule has 0 aliphatic heterocycles. The van der Waals surface area contributed by atoms with E-state index >= 15 is 0 Å². The lowest BCUT2D eigenvalue weighted by Gasteiger charge is -2.08. The van der Waals surface area contributed by atoms with Crippen LogP contribution in [0.1, 0.15) is 25.8 Å². The third-order valence-electron chi connectivity index (χ3n) is 5.42. The van der Waals surface area contributed by atoms with E-state index < -0.39 is 0 Å². The fraction of sp³-hybridized carbons (Fsp3) is 0.231. The minimum Gasteiger partial charge on any atom is -0.496 e. The summed E-state index contributed by atoms with van der Waals surface area (Å²) in [6, 6.07) is 15.8. The molecule has 0 bridgehead atoms. The first-order valence-corrected chi connectivity index (χ1v) is 11.1. The van der Waals surface area contributed by atoms with Gasteiger partial charge in [-0.05, 0) is 43.7 Å². The minimum atomic E-state index is 0.746. The van der Waals surface area contributed by atoms with Gasteiger partial charge in [0.15, 0.2) is 5.82 Å². The van der Waals surface area contributed by atoms with Crippen LogP contribution in [0.15, 0.2) is 48.5 Å². The van der Waals surface area contributed by atoms with Crippen molar-refractivity contribution in [2.24, 2.45) is 0 Å². The van der Waals surface area contributed by atoms with Gasteiger partial charge in [0.2, 0.25) is 0 Å². The molecule has 4 aromatic rings. The molecule has 33 heavy (non-hydrogen) atoms. The quantitative estimate of drug-likeness (QED) is 0.384. The molecule has 0 atom stereocenters. The smallest absolute Gasteiger partial charge is 0.155 e. The summed E-state index contributed by atoms with van der Waals surface area (Å²) in [5, 5.41) is 20.9. The molecule has 0 aliphatic carbocycles. The average molecular weight is 444 g/mol. The van der Waals surface area contributed by atoms with Gasteiger partial charge in [0.25, 0.3) is 0 Å². The second-order valence-corrected chi connectivity index (χ2v) is 7.45. The summed E-state index contributed by atoms with van der Waals surface area (Å²) in [5.41, 5.74) is 4.49. The van der Waals surface area contributed by atoms with Gasteiger partial charge in [-0.15, -0.1) is 0 Å². The van der Waals surface area contributed by atoms with Gasteiger partial charge < -0.3 is 14.8 Å². The van der Waals surface area contributed by atoms with Crippen LogP contribution in [-0.2, 0) is 0 Å². The number of nitrogens with one attached hydrogen (secondary N) is 3. The van der Waals surface area contributed by atoms with Gasteiger partial charge in [-0.1, -0.05) is 37.3 Å². The van der Waals surface area contributed by atoms with Crippen molar-refractivity contribution in [2.75, 3.05) is 26.1 Å². The van der Waals surface area contributed by atoms with Crippen LogP contribution < -0.4 is 25.4 Å². The third-order valence-corrected chi connectivity index (χ3v) is 5.42. The topological polar surface area (TPSA) is 87.9 Å². The predicted molar refractivity (Wildman–Crippen MR) is 133 cm³/mol. The fourth-order valence-electron chi connectivity index (χ4n) is 3.91. The lowest BCUT2D eigenvalue weighted by molar-refractivity contribution is 0.416. The zero-order valence-electron chi connectivity index (χ0n) is 19.4. The maximum atomic E-state index is 5.62. The molecular formula is C26H29N5O2. The lowest BCUT2D eigenvalue weighted by Crippen LogP contribution is -2.24. The summed E-state index contributed by atoms with van der Waals surface area (Å²) in [5.74, 6) is 2.31. The molecule has 0 aliphatic rings. The molecule has 2 aromatic carbocycles. The Morgan fingerprint density at radius 1 is 0.879 bits per heavy atom. The van der Waals surface area contributed by atoms with Crippen LogP contribution in [0.3, 0.4) is 0 Å². The summed E-state index contributed by atoms with van der Waals surface area (Å²) in [4.78, 5) is 0. The first kappa shape index (κ1) is 22.2. The van der Waals surface area contributed by atoms with Gasteiger partial charge in [-0.25, -0.2) is 0 Å². The Labute approximate surface area is 193 Å². The van der Waals surface area contributed by atoms with Gasteiger partial charge in [-0.3, -0.25) is 10.2 Å². The number of ether oxygens (including phenoxy) is 2. The standard InChI is InChI=1S/C26H29N5O2/c1-5-11-21-19(24(29-28-21)17-12-7-9-14-22(17)32-3)16-20-25(30-31-26(20)27-6-2)18-13-8-10-15-23(18)33-4/h7-16,28H,5-6H2,1-4H3,(H2,27,30,31)/b19-16+,21-11+. The number of hydrogen-bond donors (Lipinski definition) is 3. The minimum absolute atomic E-state index is 0.746. The summed E-state index contributed by atoms with van der Waals surface area (Å²) in [7, 11) is 3.35. The van der Waals surface area contributed by atoms with Crippen molar-refractivity contribution in [3.63, 3.8) is 0 Å². The molecule has 4 rings (SSSR count). The van der Waals surface area contributed by atoms with Crippen molar-refractivity contribution in [1.82, 2.24) is 20.4 Å². The monoisotopic (exact) mass is 443 g/mol. The first-order valence-electron chi connectivity index (χ1n) is 11.1. The highest BCUT2D eigenvalue weighted by Gasteiger charge is 2.18. The molecule has 0 spiro atoms. The van der Waals surface area contributed by atoms with Gasteiger partial charge in [-0.2, -0.15) is 10.2 Å². The molecule has 170 valence electrons. The highest BCUT2D eigenvalue weighted by atomic mass is 16.5. The molecule has 7 heteroatoms. The van der Waals surface area contributed by atoms with E-state index in [0.29, 0.717) is 0 Å². The number of H-pyrrole nitrogens is 2. The Bertz CT molecular complexity index is 1350. The van der Waals surface area contributed by atoms with E-state index in [2.05, 4.69) is 51.7 Å². The number of aromatic amines is 2. The molecule has 0 saturated carbocycles. The van der Waals surface area contributed by atoms with Crippen LogP contribution in [0.25, 0.3) is 34.7 Å². The molecule has 7 nitrogen and oxygen atoms in total. The lowest BCUT2D eigenvalue weighted by atomic mass is 10.0. The number of benzene rings is 2. The summed E-state index contributed by atoms with van der Waals surface area (Å²) < 4.78 is 11.2. The number of rotatable bonds is 8. The van der Waals surface area contributed by atoms with E-state index in [4.69, 9.17) is 9.47 Å². The second kappa shape index (κ2) is 10.1. The summed E-state index contributed by atoms with van der Waals surface area (Å²) >= 11 is 0. The van der Waals surface area contributed by atoms with E-state index in [1.165, 1.54) is 0 Å². The number of para-hydroxylation sites is 2. The van der Waals surface area contributed by atoms with E-state index in [0.717, 1.165) is 68.9 Å². The zero-order chi connectivity index (χ0) is 23.2. The van der Waals surface area contributed by atoms with Crippen molar-refractivity contribution >= 4 is 18.0 Å². The van der Waals surface area contributed by atoms with Crippen molar-refractivity contribution in [3.05, 3.63) is 64.7 Å². The molecule has 0 fully saturated rings. The second-order valence-electron chi connectivity index (χ2n) is 7.45. The largest absolute Gasteiger partial charge is 0.496 e. The normalized spacial score (nSPS) is 12.2. The Balaban J connectivity index is 2.03. The first-order chi connectivity index (χ1) is 16.2. The van der Waals surface area contributed by atoms with Crippen LogP contribution in [-0.4, -0.2) is 41.2 Å². The Morgan fingerprint density at radius 3 is 2.21 bits per heavy atom. The molecule has 0 radical (unpaired) electrons. The van der Waals surface area contributed by atoms with Gasteiger partial charge in [0, 0.05) is 28.5 Å². The van der Waals surface area contributed by atoms with E-state index in [9.17, 15) is 0 Å². The maximum absolute atomic E-state index is 5.62. The van der Waals surface area contributed by atoms with Crippen LogP contribution in [0.4, 0.5) is 5.82 Å². The van der Waals surface area contributed by atoms with Crippen LogP contribution >= 0.6 is 0 Å². The Hall–Kier alpha value is -4.00. The van der Waals surface area contributed by atoms with Gasteiger partial charge in [0.05, 0.1) is 25.3 Å². The maximum Gasteiger partial charge on any atom is 0.155 e. The average Bonchev–Trinajstić information content (AvgIpc) is 3.44. The van der Waals surface area contributed by atoms with Crippen molar-refractivity contribution in [2.45, 2.75) is 20.3 Å². The van der Waals surface area contributed by atoms with Crippen LogP contribution in [0.5, 0.6) is 11.5 Å². The fourth-order valence-corrected chi connectivity index (χ4v) is 3.91. The van der Waals surface area contributed by atoms with Crippen LogP contribution in [0, 0.1) is 0 Å². The van der Waals surface area contributed by atoms with Crippen molar-refractivity contribution in [1.29, 1.82) is 0 Å². The summed E-state index contributed by atoms with van der Waals surface area (Å²) in [6.07, 6.45) is 5.13. The SMILES string of the molecule is CC/C=c1/[nH]nc(-c2ccccc2OC)/c1=C/c1c(NCC)n[nH]c1-c1ccccc1OC. The van der Waals surface area contributed by atoms with E-state index in [1.807, 2.05) is 48.5 Å². The molecule has 2 heterocycles. The zero-order valence-corrected chi connectivity index (χ0v) is 19.4. The number of methoxy groups -OCH3 is 2. The molecule has 3 N–H and O–H groups in total. The van der Waals surface area contributed by atoms with Gasteiger partial charge >= 0.3 is 0 Å². The number of anilines is 1. The highest BCUT2D eigenvalue weighted by molar-refractivity contribution is 5.83. The molecule has 2 aromatic heterocycles. The summed E-state index contributed by atoms with van der Waals surface area (Å²) in [6.45, 7) is 4.90. The number of nitrogens with zero attached hydrogens (tertiary/aromatic N) is 2. The van der Waals surface area contributed by atoms with Crippen molar-refractivity contribution in [3.8, 4) is 34.0 Å². The van der Waals surface area contributed by atoms with Crippen molar-refractivity contribution < 1.29 is 9.47 Å². The molecular weight excluding hydrogens is 414 g/mol. The Kier molecular flexibility index (Phi) is 6.78. The molecule has 0 saturated heterocycles. The molecule has 0 unspecified atom stereocenters. The number of hydrogen-bond acceptors (Lipinski definition) is 5. The van der Waals surface area contributed by atoms with Crippen LogP contribution in [0.2, 0.25) is 0 Å². The predicted octanol–water partition coefficient (Wildman–Crippen LogP) is 3.94. The third kappa shape index (κ3) is 4.35. The number of aromatic nitrogens is 4. The van der Waals surface area contributed by atoms with Gasteiger partial charge in [0.1, 0.15) is 17.2 Å². The molecule has 0 amide bonds. The van der Waals surface area contributed by atoms with E-state index in [-0.39, 0.29) is 0 Å².